The molecule has 0 aliphatic heterocycles. The zero-order valence-corrected chi connectivity index (χ0v) is 8.08. The van der Waals surface area contributed by atoms with Gasteiger partial charge in [-0.1, -0.05) is 0 Å². The van der Waals surface area contributed by atoms with Crippen molar-refractivity contribution >= 4 is 28.3 Å². The maximum atomic E-state index is 0. The van der Waals surface area contributed by atoms with Crippen molar-refractivity contribution in [1.82, 2.24) is 0 Å². The molecule has 0 aromatic carbocycles. The van der Waals surface area contributed by atoms with Crippen molar-refractivity contribution in [3.8, 4) is 0 Å². The second-order valence-electron chi connectivity index (χ2n) is 0. The molecule has 32 valence electrons. The monoisotopic (exact) mass is 220 g/mol. The third-order valence-corrected chi connectivity index (χ3v) is 0. The molecule has 0 amide bonds. The molecule has 0 rings (SSSR count). The second kappa shape index (κ2) is 31.4. The summed E-state index contributed by atoms with van der Waals surface area (Å²) in [6.07, 6.45) is 0. The first-order chi connectivity index (χ1) is 0. The largest absolute Gasteiger partial charge is 0.187 e. The van der Waals surface area contributed by atoms with E-state index in [1.165, 1.54) is 0 Å². The number of hydrogen-bond donors (Lipinski definition) is 0. The molecule has 0 saturated heterocycles. The summed E-state index contributed by atoms with van der Waals surface area (Å²) in [4.78, 5) is 0. The molecule has 2 radical (unpaired) electrons. The van der Waals surface area contributed by atoms with Crippen molar-refractivity contribution in [2.75, 3.05) is 0 Å². The van der Waals surface area contributed by atoms with Gasteiger partial charge in [0.05, 0.1) is 0 Å². The maximum absolute atomic E-state index is 0. The maximum Gasteiger partial charge on any atom is 0.187 e. The van der Waals surface area contributed by atoms with Gasteiger partial charge in [0.2, 0.25) is 0 Å². The van der Waals surface area contributed by atoms with Crippen LogP contribution in [0.15, 0.2) is 0 Å². The van der Waals surface area contributed by atoms with Gasteiger partial charge in [-0.3, -0.25) is 0 Å². The summed E-state index contributed by atoms with van der Waals surface area (Å²) in [7, 11) is 0. The van der Waals surface area contributed by atoms with Crippen LogP contribution in [0.3, 0.4) is 0 Å². The first-order valence-electron chi connectivity index (χ1n) is 0. The van der Waals surface area contributed by atoms with Crippen LogP contribution >= 0.6 is 0 Å². The molecular formula is H6AlFeMnSiTi. The van der Waals surface area contributed by atoms with E-state index in [1.54, 1.807) is 0 Å². The van der Waals surface area contributed by atoms with Gasteiger partial charge in [0.25, 0.3) is 0 Å². The topological polar surface area (TPSA) is 0 Å². The van der Waals surface area contributed by atoms with E-state index in [9.17, 15) is 0 Å². The van der Waals surface area contributed by atoms with Gasteiger partial charge in [0.15, 0.2) is 17.4 Å². The molecular weight excluding hydrogens is 214 g/mol. The third-order valence-electron chi connectivity index (χ3n) is 0. The van der Waals surface area contributed by atoms with Gasteiger partial charge < -0.3 is 0 Å². The van der Waals surface area contributed by atoms with Crippen LogP contribution in [0.1, 0.15) is 0 Å². The Kier molecular flexibility index (Phi) is 318. The predicted molar refractivity (Wildman–Crippen MR) is 19.9 cm³/mol. The third kappa shape index (κ3) is 21.0. The van der Waals surface area contributed by atoms with E-state index in [4.69, 9.17) is 0 Å². The molecule has 0 saturated carbocycles. The van der Waals surface area contributed by atoms with Crippen LogP contribution in [0.4, 0.5) is 0 Å². The summed E-state index contributed by atoms with van der Waals surface area (Å²) in [6.45, 7) is 0. The van der Waals surface area contributed by atoms with Crippen molar-refractivity contribution in [3.63, 3.8) is 0 Å². The molecule has 0 atom stereocenters. The van der Waals surface area contributed by atoms with E-state index in [0.29, 0.717) is 0 Å². The summed E-state index contributed by atoms with van der Waals surface area (Å²) in [5, 5.41) is 0. The van der Waals surface area contributed by atoms with Gasteiger partial charge in [-0.2, -0.15) is 0 Å². The van der Waals surface area contributed by atoms with Crippen molar-refractivity contribution in [2.24, 2.45) is 0 Å². The van der Waals surface area contributed by atoms with E-state index in [0.717, 1.165) is 0 Å². The van der Waals surface area contributed by atoms with Crippen LogP contribution in [-0.4, -0.2) is 28.3 Å². The van der Waals surface area contributed by atoms with Crippen molar-refractivity contribution in [3.05, 3.63) is 0 Å². The molecule has 5 heteroatoms. The standard InChI is InChI=1S/Al.Fe.Mn.H3Si.Ti.3H/h;;;1H3;;;;. The average Bonchev–Trinajstić information content (AvgIpc) is 0. The van der Waals surface area contributed by atoms with Crippen molar-refractivity contribution in [2.45, 2.75) is 0 Å². The van der Waals surface area contributed by atoms with Crippen LogP contribution in [0.25, 0.3) is 0 Å². The minimum atomic E-state index is 0. The van der Waals surface area contributed by atoms with Crippen molar-refractivity contribution in [1.29, 1.82) is 0 Å². The normalized spacial score (nSPS) is 0. The fourth-order valence-electron chi connectivity index (χ4n) is 0. The van der Waals surface area contributed by atoms with Gasteiger partial charge in [-0.15, -0.1) is 0 Å². The molecule has 0 aromatic rings. The molecule has 0 fully saturated rings. The van der Waals surface area contributed by atoms with Crippen molar-refractivity contribution < 1.29 is 55.9 Å². The molecule has 0 unspecified atom stereocenters. The minimum absolute atomic E-state index is 0. The van der Waals surface area contributed by atoms with Crippen LogP contribution in [0.2, 0.25) is 0 Å². The Morgan fingerprint density at radius 2 is 1.00 bits per heavy atom. The molecule has 0 spiro atoms. The Balaban J connectivity index is 0. The van der Waals surface area contributed by atoms with Gasteiger partial charge >= 0.3 is 0 Å². The number of hydrogen-bond acceptors (Lipinski definition) is 0. The van der Waals surface area contributed by atoms with Crippen LogP contribution in [0.5, 0.6) is 0 Å². The van der Waals surface area contributed by atoms with Gasteiger partial charge in [0, 0.05) is 55.9 Å². The quantitative estimate of drug-likeness (QED) is 0.400. The Labute approximate surface area is 83.2 Å². The summed E-state index contributed by atoms with van der Waals surface area (Å²) < 4.78 is 0. The predicted octanol–water partition coefficient (Wildman–Crippen LogP) is -2.38. The first-order valence-corrected chi connectivity index (χ1v) is 0. The summed E-state index contributed by atoms with van der Waals surface area (Å²) >= 11 is 0. The fourth-order valence-corrected chi connectivity index (χ4v) is 0. The summed E-state index contributed by atoms with van der Waals surface area (Å²) in [5.74, 6) is 0. The van der Waals surface area contributed by atoms with E-state index in [1.807, 2.05) is 0 Å². The molecule has 0 N–H and O–H groups in total. The SMILES string of the molecule is [AlH3].[Fe].[Mn].[SiH3].[Ti]. The molecule has 0 aliphatic carbocycles. The van der Waals surface area contributed by atoms with Gasteiger partial charge in [-0.25, -0.2) is 0 Å². The van der Waals surface area contributed by atoms with Gasteiger partial charge in [0.1, 0.15) is 0 Å². The Hall–Kier alpha value is 2.50. The smallest absolute Gasteiger partial charge is 0.0125 e. The molecule has 0 bridgehead atoms. The van der Waals surface area contributed by atoms with Crippen LogP contribution in [0, 0.1) is 0 Å². The zero-order valence-electron chi connectivity index (χ0n) is 2.23. The Bertz CT molecular complexity index is 11.6. The molecule has 5 heavy (non-hydrogen) atoms. The Morgan fingerprint density at radius 3 is 1.00 bits per heavy atom. The molecule has 0 heterocycles. The number of rotatable bonds is 0. The summed E-state index contributed by atoms with van der Waals surface area (Å²) in [6, 6.07) is 0. The van der Waals surface area contributed by atoms with E-state index in [-0.39, 0.29) is 84.2 Å². The average molecular weight is 220 g/mol. The molecule has 0 nitrogen and oxygen atoms in total. The van der Waals surface area contributed by atoms with E-state index in [2.05, 4.69) is 0 Å². The Morgan fingerprint density at radius 1 is 1.00 bits per heavy atom. The zero-order chi connectivity index (χ0) is 0. The molecule has 0 aliphatic rings. The second-order valence-corrected chi connectivity index (χ2v) is 0. The van der Waals surface area contributed by atoms with Crippen LogP contribution < -0.4 is 0 Å². The summed E-state index contributed by atoms with van der Waals surface area (Å²) in [5.41, 5.74) is 0. The minimum Gasteiger partial charge on any atom is -0.0125 e. The molecule has 0 aromatic heterocycles. The van der Waals surface area contributed by atoms with Gasteiger partial charge in [-0.05, 0) is 11.0 Å². The van der Waals surface area contributed by atoms with Crippen LogP contribution in [-0.2, 0) is 55.9 Å². The van der Waals surface area contributed by atoms with E-state index >= 15 is 0 Å². The first kappa shape index (κ1) is 50.7. The van der Waals surface area contributed by atoms with E-state index < -0.39 is 0 Å². The fraction of sp³-hybridized carbons (Fsp3) is 0.